The minimum Gasteiger partial charge on any atom is -0.392 e. The first-order valence-electron chi connectivity index (χ1n) is 5.84. The SMILES string of the molecule is NC(=S)C1CCCCN1C1CCCC1. The molecule has 0 amide bonds. The van der Waals surface area contributed by atoms with Gasteiger partial charge in [-0.15, -0.1) is 0 Å². The number of nitrogens with two attached hydrogens (primary N) is 1. The molecule has 2 aliphatic rings. The summed E-state index contributed by atoms with van der Waals surface area (Å²) in [6.45, 7) is 1.21. The molecule has 1 saturated heterocycles. The number of nitrogens with zero attached hydrogens (tertiary/aromatic N) is 1. The maximum atomic E-state index is 5.81. The second kappa shape index (κ2) is 4.58. The van der Waals surface area contributed by atoms with Gasteiger partial charge in [-0.1, -0.05) is 31.5 Å². The molecule has 3 heteroatoms. The van der Waals surface area contributed by atoms with Gasteiger partial charge in [0.05, 0.1) is 11.0 Å². The van der Waals surface area contributed by atoms with Crippen LogP contribution in [-0.2, 0) is 0 Å². The van der Waals surface area contributed by atoms with Crippen molar-refractivity contribution in [2.24, 2.45) is 5.73 Å². The lowest BCUT2D eigenvalue weighted by atomic mass is 9.99. The van der Waals surface area contributed by atoms with Gasteiger partial charge < -0.3 is 5.73 Å². The summed E-state index contributed by atoms with van der Waals surface area (Å²) in [4.78, 5) is 3.30. The average molecular weight is 212 g/mol. The van der Waals surface area contributed by atoms with E-state index in [-0.39, 0.29) is 0 Å². The highest BCUT2D eigenvalue weighted by Crippen LogP contribution is 2.29. The predicted molar refractivity (Wildman–Crippen MR) is 63.4 cm³/mol. The zero-order valence-corrected chi connectivity index (χ0v) is 9.56. The average Bonchev–Trinajstić information content (AvgIpc) is 2.70. The van der Waals surface area contributed by atoms with Crippen molar-refractivity contribution in [3.63, 3.8) is 0 Å². The largest absolute Gasteiger partial charge is 0.392 e. The summed E-state index contributed by atoms with van der Waals surface area (Å²) in [6.07, 6.45) is 9.32. The van der Waals surface area contributed by atoms with Crippen molar-refractivity contribution in [3.8, 4) is 0 Å². The van der Waals surface area contributed by atoms with Crippen molar-refractivity contribution < 1.29 is 0 Å². The van der Waals surface area contributed by atoms with Gasteiger partial charge in [-0.25, -0.2) is 0 Å². The van der Waals surface area contributed by atoms with Crippen molar-refractivity contribution >= 4 is 17.2 Å². The number of hydrogen-bond acceptors (Lipinski definition) is 2. The molecule has 2 rings (SSSR count). The molecule has 1 aliphatic carbocycles. The highest BCUT2D eigenvalue weighted by molar-refractivity contribution is 7.80. The van der Waals surface area contributed by atoms with E-state index in [4.69, 9.17) is 18.0 Å². The van der Waals surface area contributed by atoms with Gasteiger partial charge >= 0.3 is 0 Å². The van der Waals surface area contributed by atoms with Crippen molar-refractivity contribution in [3.05, 3.63) is 0 Å². The third-order valence-corrected chi connectivity index (χ3v) is 3.94. The van der Waals surface area contributed by atoms with E-state index in [1.807, 2.05) is 0 Å². The molecule has 0 aromatic carbocycles. The Kier molecular flexibility index (Phi) is 3.39. The fourth-order valence-corrected chi connectivity index (χ4v) is 3.19. The van der Waals surface area contributed by atoms with Gasteiger partial charge in [0.2, 0.25) is 0 Å². The van der Waals surface area contributed by atoms with Crippen LogP contribution in [0.5, 0.6) is 0 Å². The number of rotatable bonds is 2. The van der Waals surface area contributed by atoms with Crippen LogP contribution in [0.1, 0.15) is 44.9 Å². The summed E-state index contributed by atoms with van der Waals surface area (Å²) in [5, 5.41) is 0. The Morgan fingerprint density at radius 2 is 1.71 bits per heavy atom. The van der Waals surface area contributed by atoms with Crippen LogP contribution in [0.25, 0.3) is 0 Å². The van der Waals surface area contributed by atoms with Crippen LogP contribution in [-0.4, -0.2) is 28.5 Å². The zero-order valence-electron chi connectivity index (χ0n) is 8.74. The molecule has 14 heavy (non-hydrogen) atoms. The maximum absolute atomic E-state index is 5.81. The summed E-state index contributed by atoms with van der Waals surface area (Å²) in [5.41, 5.74) is 5.81. The minimum absolute atomic E-state index is 0.404. The van der Waals surface area contributed by atoms with Crippen molar-refractivity contribution in [1.29, 1.82) is 0 Å². The molecule has 1 atom stereocenters. The van der Waals surface area contributed by atoms with Crippen LogP contribution in [0.4, 0.5) is 0 Å². The smallest absolute Gasteiger partial charge is 0.0902 e. The van der Waals surface area contributed by atoms with E-state index >= 15 is 0 Å². The lowest BCUT2D eigenvalue weighted by Crippen LogP contribution is -2.50. The Labute approximate surface area is 91.8 Å². The summed E-state index contributed by atoms with van der Waals surface area (Å²) in [5.74, 6) is 0. The van der Waals surface area contributed by atoms with E-state index in [2.05, 4.69) is 4.90 Å². The lowest BCUT2D eigenvalue weighted by molar-refractivity contribution is 0.135. The molecule has 1 saturated carbocycles. The van der Waals surface area contributed by atoms with Crippen LogP contribution < -0.4 is 5.73 Å². The van der Waals surface area contributed by atoms with Gasteiger partial charge in [0.25, 0.3) is 0 Å². The maximum Gasteiger partial charge on any atom is 0.0902 e. The quantitative estimate of drug-likeness (QED) is 0.711. The van der Waals surface area contributed by atoms with Gasteiger partial charge in [0.15, 0.2) is 0 Å². The summed E-state index contributed by atoms with van der Waals surface area (Å²) in [7, 11) is 0. The zero-order chi connectivity index (χ0) is 9.97. The molecule has 80 valence electrons. The predicted octanol–water partition coefficient (Wildman–Crippen LogP) is 2.07. The van der Waals surface area contributed by atoms with E-state index in [9.17, 15) is 0 Å². The lowest BCUT2D eigenvalue weighted by Gasteiger charge is -2.39. The summed E-state index contributed by atoms with van der Waals surface area (Å²) < 4.78 is 0. The van der Waals surface area contributed by atoms with Crippen molar-refractivity contribution in [1.82, 2.24) is 4.90 Å². The molecule has 0 bridgehead atoms. The Morgan fingerprint density at radius 3 is 2.36 bits per heavy atom. The molecule has 2 N–H and O–H groups in total. The van der Waals surface area contributed by atoms with Crippen LogP contribution in [0.2, 0.25) is 0 Å². The molecule has 2 nitrogen and oxygen atoms in total. The molecule has 0 radical (unpaired) electrons. The van der Waals surface area contributed by atoms with Crippen LogP contribution in [0.3, 0.4) is 0 Å². The second-order valence-corrected chi connectivity index (χ2v) is 5.06. The molecular formula is C11H20N2S. The van der Waals surface area contributed by atoms with Gasteiger partial charge in [0, 0.05) is 6.04 Å². The molecule has 0 aromatic rings. The van der Waals surface area contributed by atoms with Gasteiger partial charge in [-0.3, -0.25) is 4.90 Å². The Morgan fingerprint density at radius 1 is 1.07 bits per heavy atom. The third kappa shape index (κ3) is 2.09. The number of piperidine rings is 1. The topological polar surface area (TPSA) is 29.3 Å². The number of likely N-dealkylation sites (tertiary alicyclic amines) is 1. The fourth-order valence-electron chi connectivity index (χ4n) is 2.93. The molecule has 2 fully saturated rings. The summed E-state index contributed by atoms with van der Waals surface area (Å²) in [6, 6.07) is 1.18. The van der Waals surface area contributed by atoms with Crippen LogP contribution in [0.15, 0.2) is 0 Å². The number of hydrogen-bond donors (Lipinski definition) is 1. The van der Waals surface area contributed by atoms with Gasteiger partial charge in [-0.2, -0.15) is 0 Å². The van der Waals surface area contributed by atoms with Crippen LogP contribution in [0, 0.1) is 0 Å². The normalized spacial score (nSPS) is 30.7. The molecule has 1 heterocycles. The van der Waals surface area contributed by atoms with Crippen molar-refractivity contribution in [2.75, 3.05) is 6.54 Å². The Balaban J connectivity index is 2.01. The van der Waals surface area contributed by atoms with E-state index < -0.39 is 0 Å². The monoisotopic (exact) mass is 212 g/mol. The second-order valence-electron chi connectivity index (χ2n) is 4.59. The highest BCUT2D eigenvalue weighted by Gasteiger charge is 2.31. The minimum atomic E-state index is 0.404. The molecule has 0 spiro atoms. The van der Waals surface area contributed by atoms with E-state index in [0.717, 1.165) is 11.0 Å². The molecular weight excluding hydrogens is 192 g/mol. The Hall–Kier alpha value is -0.150. The van der Waals surface area contributed by atoms with E-state index in [0.29, 0.717) is 6.04 Å². The van der Waals surface area contributed by atoms with Crippen LogP contribution >= 0.6 is 12.2 Å². The highest BCUT2D eigenvalue weighted by atomic mass is 32.1. The number of thiocarbonyl (C=S) groups is 1. The molecule has 0 aromatic heterocycles. The Bertz CT molecular complexity index is 211. The van der Waals surface area contributed by atoms with Crippen molar-refractivity contribution in [2.45, 2.75) is 57.0 Å². The van der Waals surface area contributed by atoms with E-state index in [1.165, 1.54) is 51.5 Å². The first kappa shape index (κ1) is 10.4. The van der Waals surface area contributed by atoms with Gasteiger partial charge in [-0.05, 0) is 32.2 Å². The van der Waals surface area contributed by atoms with E-state index in [1.54, 1.807) is 0 Å². The first-order valence-corrected chi connectivity index (χ1v) is 6.25. The summed E-state index contributed by atoms with van der Waals surface area (Å²) >= 11 is 5.16. The standard InChI is InChI=1S/C11H20N2S/c12-11(14)10-7-3-4-8-13(10)9-5-1-2-6-9/h9-10H,1-8H2,(H2,12,14). The molecule has 1 unspecified atom stereocenters. The van der Waals surface area contributed by atoms with Gasteiger partial charge in [0.1, 0.15) is 0 Å². The fraction of sp³-hybridized carbons (Fsp3) is 0.909. The third-order valence-electron chi connectivity index (χ3n) is 3.67. The first-order chi connectivity index (χ1) is 6.79. The molecule has 1 aliphatic heterocycles.